The largest absolute Gasteiger partial charge is 0.352 e. The van der Waals surface area contributed by atoms with Crippen LogP contribution in [0.4, 0.5) is 10.1 Å². The Balaban J connectivity index is 1.52. The molecule has 5 rings (SSSR count). The third-order valence-corrected chi connectivity index (χ3v) is 6.48. The highest BCUT2D eigenvalue weighted by Gasteiger charge is 2.42. The molecule has 0 unspecified atom stereocenters. The van der Waals surface area contributed by atoms with Gasteiger partial charge in [0.15, 0.2) is 5.11 Å². The second-order valence-electron chi connectivity index (χ2n) is 8.07. The molecular weight excluding hydrogens is 485 g/mol. The van der Waals surface area contributed by atoms with Gasteiger partial charge in [-0.1, -0.05) is 35.9 Å². The van der Waals surface area contributed by atoms with E-state index in [2.05, 4.69) is 15.6 Å². The molecule has 1 aliphatic rings. The van der Waals surface area contributed by atoms with Gasteiger partial charge in [0.1, 0.15) is 12.4 Å². The van der Waals surface area contributed by atoms with Gasteiger partial charge >= 0.3 is 0 Å². The zero-order valence-corrected chi connectivity index (χ0v) is 20.0. The number of benzene rings is 2. The van der Waals surface area contributed by atoms with Crippen molar-refractivity contribution in [2.24, 2.45) is 0 Å². The maximum atomic E-state index is 13.8. The normalized spacial score (nSPS) is 17.3. The number of para-hydroxylation sites is 1. The number of amides is 1. The Hall–Kier alpha value is -3.75. The summed E-state index contributed by atoms with van der Waals surface area (Å²) in [5.41, 5.74) is 3.04. The lowest BCUT2D eigenvalue weighted by Crippen LogP contribution is -2.37. The van der Waals surface area contributed by atoms with Crippen LogP contribution in [0.2, 0.25) is 5.02 Å². The Labute approximate surface area is 212 Å². The summed E-state index contributed by atoms with van der Waals surface area (Å²) in [6.45, 7) is 0.0318. The number of aromatic nitrogens is 2. The minimum absolute atomic E-state index is 0.0302. The number of thiocarbonyl (C=S) groups is 1. The van der Waals surface area contributed by atoms with E-state index in [0.29, 0.717) is 16.5 Å². The van der Waals surface area contributed by atoms with E-state index < -0.39 is 5.82 Å². The van der Waals surface area contributed by atoms with Crippen molar-refractivity contribution < 1.29 is 9.18 Å². The SMILES string of the molecule is O=C(CN1C(=S)N[C@@H](c2ccccn2)[C@H]1c1cccn1-c1ccc(F)c(Cl)c1)Nc1ccccc1. The third-order valence-electron chi connectivity index (χ3n) is 5.83. The van der Waals surface area contributed by atoms with Gasteiger partial charge in [0.05, 0.1) is 22.8 Å². The van der Waals surface area contributed by atoms with Crippen molar-refractivity contribution in [3.63, 3.8) is 0 Å². The van der Waals surface area contributed by atoms with E-state index in [1.807, 2.05) is 76.3 Å². The standard InChI is InChI=1S/C26H21ClFN5OS/c27-19-15-18(11-12-20(19)28)32-14-6-10-22(32)25-24(21-9-4-5-13-29-21)31-26(35)33(25)16-23(34)30-17-7-2-1-3-8-17/h1-15,24-25H,16H2,(H,30,34)(H,31,35)/t24-,25+/m0/s1. The van der Waals surface area contributed by atoms with Gasteiger partial charge in [-0.05, 0) is 66.8 Å². The third kappa shape index (κ3) is 4.76. The first-order chi connectivity index (χ1) is 17.0. The number of hydrogen-bond acceptors (Lipinski definition) is 3. The molecule has 4 aromatic rings. The second-order valence-corrected chi connectivity index (χ2v) is 8.86. The highest BCUT2D eigenvalue weighted by molar-refractivity contribution is 7.80. The van der Waals surface area contributed by atoms with Crippen LogP contribution in [0.5, 0.6) is 0 Å². The molecule has 176 valence electrons. The van der Waals surface area contributed by atoms with Gasteiger partial charge in [-0.15, -0.1) is 0 Å². The van der Waals surface area contributed by atoms with Gasteiger partial charge in [0, 0.05) is 29.5 Å². The average Bonchev–Trinajstić information content (AvgIpc) is 3.46. The van der Waals surface area contributed by atoms with E-state index in [1.54, 1.807) is 18.3 Å². The molecule has 0 saturated carbocycles. The number of nitrogens with zero attached hydrogens (tertiary/aromatic N) is 3. The van der Waals surface area contributed by atoms with Crippen molar-refractivity contribution in [3.05, 3.63) is 113 Å². The van der Waals surface area contributed by atoms with Crippen LogP contribution in [0.1, 0.15) is 23.5 Å². The number of carbonyl (C=O) groups is 1. The van der Waals surface area contributed by atoms with E-state index in [0.717, 1.165) is 11.4 Å². The number of carbonyl (C=O) groups excluding carboxylic acids is 1. The Morgan fingerprint density at radius 2 is 1.89 bits per heavy atom. The van der Waals surface area contributed by atoms with E-state index in [4.69, 9.17) is 23.8 Å². The molecule has 1 fully saturated rings. The minimum Gasteiger partial charge on any atom is -0.352 e. The minimum atomic E-state index is -0.488. The smallest absolute Gasteiger partial charge is 0.244 e. The molecule has 3 heterocycles. The Bertz CT molecular complexity index is 1360. The molecule has 1 aliphatic heterocycles. The summed E-state index contributed by atoms with van der Waals surface area (Å²) in [4.78, 5) is 19.4. The number of rotatable bonds is 6. The summed E-state index contributed by atoms with van der Waals surface area (Å²) >= 11 is 11.7. The van der Waals surface area contributed by atoms with E-state index in [9.17, 15) is 9.18 Å². The monoisotopic (exact) mass is 505 g/mol. The van der Waals surface area contributed by atoms with Crippen LogP contribution in [-0.4, -0.2) is 32.0 Å². The lowest BCUT2D eigenvalue weighted by molar-refractivity contribution is -0.116. The van der Waals surface area contributed by atoms with Gasteiger partial charge in [-0.3, -0.25) is 9.78 Å². The maximum absolute atomic E-state index is 13.8. The van der Waals surface area contributed by atoms with Crippen LogP contribution >= 0.6 is 23.8 Å². The van der Waals surface area contributed by atoms with Crippen LogP contribution in [0, 0.1) is 5.82 Å². The summed E-state index contributed by atoms with van der Waals surface area (Å²) in [5, 5.41) is 6.74. The maximum Gasteiger partial charge on any atom is 0.244 e. The summed E-state index contributed by atoms with van der Waals surface area (Å²) < 4.78 is 15.8. The van der Waals surface area contributed by atoms with Crippen molar-refractivity contribution in [2.75, 3.05) is 11.9 Å². The lowest BCUT2D eigenvalue weighted by atomic mass is 10.0. The van der Waals surface area contributed by atoms with E-state index >= 15 is 0 Å². The van der Waals surface area contributed by atoms with Crippen LogP contribution in [0.15, 0.2) is 91.3 Å². The molecule has 35 heavy (non-hydrogen) atoms. The van der Waals surface area contributed by atoms with Crippen molar-refractivity contribution in [2.45, 2.75) is 12.1 Å². The zero-order chi connectivity index (χ0) is 24.4. The van der Waals surface area contributed by atoms with Crippen LogP contribution in [-0.2, 0) is 4.79 Å². The first-order valence-electron chi connectivity index (χ1n) is 11.0. The summed E-state index contributed by atoms with van der Waals surface area (Å²) in [5.74, 6) is -0.687. The lowest BCUT2D eigenvalue weighted by Gasteiger charge is -2.28. The molecule has 0 bridgehead atoms. The molecule has 0 aliphatic carbocycles. The quantitative estimate of drug-likeness (QED) is 0.349. The molecule has 2 atom stereocenters. The molecule has 2 N–H and O–H groups in total. The first-order valence-corrected chi connectivity index (χ1v) is 11.8. The topological polar surface area (TPSA) is 62.2 Å². The molecule has 9 heteroatoms. The van der Waals surface area contributed by atoms with Crippen molar-refractivity contribution in [1.82, 2.24) is 19.8 Å². The molecule has 0 radical (unpaired) electrons. The second kappa shape index (κ2) is 9.85. The molecule has 2 aromatic carbocycles. The molecule has 1 saturated heterocycles. The van der Waals surface area contributed by atoms with Crippen LogP contribution in [0.3, 0.4) is 0 Å². The van der Waals surface area contributed by atoms with Crippen molar-refractivity contribution in [1.29, 1.82) is 0 Å². The summed E-state index contributed by atoms with van der Waals surface area (Å²) in [6.07, 6.45) is 3.60. The van der Waals surface area contributed by atoms with Crippen molar-refractivity contribution >= 4 is 40.5 Å². The summed E-state index contributed by atoms with van der Waals surface area (Å²) in [6, 6.07) is 22.7. The molecule has 1 amide bonds. The number of halogens is 2. The van der Waals surface area contributed by atoms with Crippen molar-refractivity contribution in [3.8, 4) is 5.69 Å². The predicted molar refractivity (Wildman–Crippen MR) is 138 cm³/mol. The van der Waals surface area contributed by atoms with Crippen LogP contribution in [0.25, 0.3) is 5.69 Å². The molecule has 0 spiro atoms. The molecule has 2 aromatic heterocycles. The number of anilines is 1. The Morgan fingerprint density at radius 3 is 2.63 bits per heavy atom. The number of hydrogen-bond donors (Lipinski definition) is 2. The fourth-order valence-corrected chi connectivity index (χ4v) is 4.76. The van der Waals surface area contributed by atoms with E-state index in [1.165, 1.54) is 6.07 Å². The molecular formula is C26H21ClFN5OS. The van der Waals surface area contributed by atoms with Gasteiger partial charge < -0.3 is 20.1 Å². The first kappa shape index (κ1) is 23.0. The Kier molecular flexibility index (Phi) is 6.48. The predicted octanol–water partition coefficient (Wildman–Crippen LogP) is 5.28. The number of nitrogens with one attached hydrogen (secondary N) is 2. The fourth-order valence-electron chi connectivity index (χ4n) is 4.28. The van der Waals surface area contributed by atoms with Gasteiger partial charge in [0.25, 0.3) is 0 Å². The number of pyridine rings is 1. The highest BCUT2D eigenvalue weighted by atomic mass is 35.5. The van der Waals surface area contributed by atoms with Gasteiger partial charge in [-0.25, -0.2) is 4.39 Å². The van der Waals surface area contributed by atoms with E-state index in [-0.39, 0.29) is 29.6 Å². The van der Waals surface area contributed by atoms with Gasteiger partial charge in [-0.2, -0.15) is 0 Å². The zero-order valence-electron chi connectivity index (χ0n) is 18.4. The van der Waals surface area contributed by atoms with Crippen LogP contribution < -0.4 is 10.6 Å². The molecule has 6 nitrogen and oxygen atoms in total. The fraction of sp³-hybridized carbons (Fsp3) is 0.115. The Morgan fingerprint density at radius 1 is 1.09 bits per heavy atom. The highest BCUT2D eigenvalue weighted by Crippen LogP contribution is 2.39. The van der Waals surface area contributed by atoms with Gasteiger partial charge in [0.2, 0.25) is 5.91 Å². The average molecular weight is 506 g/mol. The summed E-state index contributed by atoms with van der Waals surface area (Å²) in [7, 11) is 0.